The molecule has 1 aliphatic rings. The predicted molar refractivity (Wildman–Crippen MR) is 103 cm³/mol. The minimum atomic E-state index is -0.0996. The van der Waals surface area contributed by atoms with Crippen molar-refractivity contribution in [2.45, 2.75) is 6.42 Å². The van der Waals surface area contributed by atoms with Gasteiger partial charge < -0.3 is 10.2 Å². The number of nitrogens with zero attached hydrogens (tertiary/aromatic N) is 1. The maximum absolute atomic E-state index is 12.3. The highest BCUT2D eigenvalue weighted by atomic mass is 127. The summed E-state index contributed by atoms with van der Waals surface area (Å²) in [7, 11) is 0. The molecule has 4 nitrogen and oxygen atoms in total. The Hall–Kier alpha value is -1.60. The van der Waals surface area contributed by atoms with E-state index in [1.807, 2.05) is 30.3 Å². The minimum Gasteiger partial charge on any atom is -0.352 e. The lowest BCUT2D eigenvalue weighted by atomic mass is 10.1. The largest absolute Gasteiger partial charge is 0.352 e. The number of carbonyl (C=O) groups excluding carboxylic acids is 2. The van der Waals surface area contributed by atoms with Crippen molar-refractivity contribution in [3.63, 3.8) is 0 Å². The van der Waals surface area contributed by atoms with E-state index in [1.165, 1.54) is 0 Å². The van der Waals surface area contributed by atoms with Gasteiger partial charge in [-0.15, -0.1) is 0 Å². The van der Waals surface area contributed by atoms with Gasteiger partial charge in [0.25, 0.3) is 5.91 Å². The first-order valence-corrected chi connectivity index (χ1v) is 9.09. The zero-order valence-electron chi connectivity index (χ0n) is 12.8. The van der Waals surface area contributed by atoms with E-state index >= 15 is 0 Å². The molecule has 0 aliphatic carbocycles. The third-order valence-corrected chi connectivity index (χ3v) is 5.21. The summed E-state index contributed by atoms with van der Waals surface area (Å²) in [5.74, 6) is 0.0850. The van der Waals surface area contributed by atoms with Crippen LogP contribution in [0.25, 0.3) is 0 Å². The Morgan fingerprint density at radius 2 is 1.92 bits per heavy atom. The fraction of sp³-hybridized carbons (Fsp3) is 0.222. The summed E-state index contributed by atoms with van der Waals surface area (Å²) in [5, 5.41) is 3.58. The van der Waals surface area contributed by atoms with Crippen LogP contribution in [0.3, 0.4) is 0 Å². The molecule has 1 N–H and O–H groups in total. The predicted octanol–water partition coefficient (Wildman–Crippen LogP) is 3.73. The Balaban J connectivity index is 1.59. The number of nitrogens with one attached hydrogen (secondary N) is 1. The highest BCUT2D eigenvalue weighted by Gasteiger charge is 2.30. The second kappa shape index (κ2) is 7.53. The second-order valence-electron chi connectivity index (χ2n) is 5.74. The Morgan fingerprint density at radius 3 is 2.62 bits per heavy atom. The van der Waals surface area contributed by atoms with Crippen LogP contribution in [0, 0.1) is 9.49 Å². The molecule has 0 spiro atoms. The summed E-state index contributed by atoms with van der Waals surface area (Å²) in [6.45, 7) is 1.09. The average molecular weight is 455 g/mol. The summed E-state index contributed by atoms with van der Waals surface area (Å²) in [6.07, 6.45) is 0.439. The summed E-state index contributed by atoms with van der Waals surface area (Å²) in [5.41, 5.74) is 1.51. The second-order valence-corrected chi connectivity index (χ2v) is 7.34. The number of hydrogen-bond donors (Lipinski definition) is 1. The molecule has 0 aromatic heterocycles. The highest BCUT2D eigenvalue weighted by Crippen LogP contribution is 2.26. The van der Waals surface area contributed by atoms with Crippen LogP contribution in [-0.4, -0.2) is 24.9 Å². The first-order valence-electron chi connectivity index (χ1n) is 7.63. The molecule has 0 radical (unpaired) electrons. The van der Waals surface area contributed by atoms with Crippen molar-refractivity contribution in [1.29, 1.82) is 0 Å². The van der Waals surface area contributed by atoms with Crippen molar-refractivity contribution >= 4 is 51.7 Å². The molecule has 1 unspecified atom stereocenters. The molecule has 6 heteroatoms. The van der Waals surface area contributed by atoms with Crippen LogP contribution < -0.4 is 10.2 Å². The Labute approximate surface area is 159 Å². The van der Waals surface area contributed by atoms with E-state index in [9.17, 15) is 9.59 Å². The molecule has 2 aromatic rings. The Kier molecular flexibility index (Phi) is 5.40. The molecule has 24 heavy (non-hydrogen) atoms. The van der Waals surface area contributed by atoms with Crippen LogP contribution in [-0.2, 0) is 4.79 Å². The van der Waals surface area contributed by atoms with Crippen LogP contribution in [0.5, 0.6) is 0 Å². The van der Waals surface area contributed by atoms with Crippen molar-refractivity contribution < 1.29 is 9.59 Å². The van der Waals surface area contributed by atoms with Gasteiger partial charge in [0.15, 0.2) is 0 Å². The number of amides is 2. The van der Waals surface area contributed by atoms with Crippen molar-refractivity contribution in [3.05, 3.63) is 62.7 Å². The van der Waals surface area contributed by atoms with Crippen LogP contribution >= 0.6 is 34.2 Å². The topological polar surface area (TPSA) is 49.4 Å². The van der Waals surface area contributed by atoms with Crippen LogP contribution in [0.2, 0.25) is 5.02 Å². The highest BCUT2D eigenvalue weighted by molar-refractivity contribution is 14.1. The number of halogens is 2. The number of hydrogen-bond acceptors (Lipinski definition) is 2. The van der Waals surface area contributed by atoms with Gasteiger partial charge in [0.05, 0.1) is 5.56 Å². The lowest BCUT2D eigenvalue weighted by molar-refractivity contribution is -0.117. The van der Waals surface area contributed by atoms with Gasteiger partial charge in [0.1, 0.15) is 0 Å². The van der Waals surface area contributed by atoms with Crippen molar-refractivity contribution in [2.75, 3.05) is 18.0 Å². The van der Waals surface area contributed by atoms with Crippen molar-refractivity contribution in [1.82, 2.24) is 5.32 Å². The standard InChI is InChI=1S/C18H16ClIN2O2/c19-13-5-7-14(8-6-13)22-11-12(9-17(22)23)10-21-18(24)15-3-1-2-4-16(15)20/h1-8,12H,9-11H2,(H,21,24). The van der Waals surface area contributed by atoms with Gasteiger partial charge in [-0.1, -0.05) is 23.7 Å². The van der Waals surface area contributed by atoms with E-state index in [-0.39, 0.29) is 17.7 Å². The molecule has 2 amide bonds. The zero-order valence-corrected chi connectivity index (χ0v) is 15.8. The first kappa shape index (κ1) is 17.2. The molecule has 0 saturated carbocycles. The van der Waals surface area contributed by atoms with Gasteiger partial charge in [-0.3, -0.25) is 9.59 Å². The third-order valence-electron chi connectivity index (χ3n) is 4.01. The number of anilines is 1. The van der Waals surface area contributed by atoms with E-state index in [2.05, 4.69) is 27.9 Å². The van der Waals surface area contributed by atoms with Gasteiger partial charge in [-0.05, 0) is 59.0 Å². The molecule has 3 rings (SSSR count). The van der Waals surface area contributed by atoms with Crippen molar-refractivity contribution in [2.24, 2.45) is 5.92 Å². The molecule has 1 saturated heterocycles. The molecular formula is C18H16ClIN2O2. The molecule has 1 fully saturated rings. The molecule has 124 valence electrons. The Morgan fingerprint density at radius 1 is 1.21 bits per heavy atom. The smallest absolute Gasteiger partial charge is 0.252 e. The zero-order chi connectivity index (χ0) is 17.1. The van der Waals surface area contributed by atoms with Crippen molar-refractivity contribution in [3.8, 4) is 0 Å². The van der Waals surface area contributed by atoms with Crippen LogP contribution in [0.4, 0.5) is 5.69 Å². The molecule has 1 heterocycles. The van der Waals surface area contributed by atoms with E-state index in [0.717, 1.165) is 9.26 Å². The molecule has 2 aromatic carbocycles. The first-order chi connectivity index (χ1) is 11.5. The average Bonchev–Trinajstić information content (AvgIpc) is 2.95. The van der Waals surface area contributed by atoms with Crippen LogP contribution in [0.1, 0.15) is 16.8 Å². The summed E-state index contributed by atoms with van der Waals surface area (Å²) < 4.78 is 0.915. The molecule has 1 aliphatic heterocycles. The minimum absolute atomic E-state index is 0.0749. The summed E-state index contributed by atoms with van der Waals surface area (Å²) in [4.78, 5) is 26.2. The SMILES string of the molecule is O=C(NCC1CC(=O)N(c2ccc(Cl)cc2)C1)c1ccccc1I. The van der Waals surface area contributed by atoms with E-state index in [4.69, 9.17) is 11.6 Å². The maximum atomic E-state index is 12.3. The van der Waals surface area contributed by atoms with Crippen LogP contribution in [0.15, 0.2) is 48.5 Å². The van der Waals surface area contributed by atoms with Gasteiger partial charge in [0.2, 0.25) is 5.91 Å². The number of benzene rings is 2. The van der Waals surface area contributed by atoms with E-state index < -0.39 is 0 Å². The van der Waals surface area contributed by atoms with Gasteiger partial charge in [-0.25, -0.2) is 0 Å². The molecule has 1 atom stereocenters. The van der Waals surface area contributed by atoms with Gasteiger partial charge >= 0.3 is 0 Å². The number of carbonyl (C=O) groups is 2. The monoisotopic (exact) mass is 454 g/mol. The lowest BCUT2D eigenvalue weighted by Crippen LogP contribution is -2.31. The van der Waals surface area contributed by atoms with Gasteiger partial charge in [-0.2, -0.15) is 0 Å². The third kappa shape index (κ3) is 3.89. The quantitative estimate of drug-likeness (QED) is 0.716. The maximum Gasteiger partial charge on any atom is 0.252 e. The number of rotatable bonds is 4. The summed E-state index contributed by atoms with van der Waals surface area (Å²) >= 11 is 8.03. The van der Waals surface area contributed by atoms with E-state index in [1.54, 1.807) is 23.1 Å². The van der Waals surface area contributed by atoms with E-state index in [0.29, 0.717) is 30.1 Å². The van der Waals surface area contributed by atoms with Gasteiger partial charge in [0, 0.05) is 39.7 Å². The summed E-state index contributed by atoms with van der Waals surface area (Å²) in [6, 6.07) is 14.7. The fourth-order valence-corrected chi connectivity index (χ4v) is 3.52. The lowest BCUT2D eigenvalue weighted by Gasteiger charge is -2.17. The normalized spacial score (nSPS) is 17.2. The fourth-order valence-electron chi connectivity index (χ4n) is 2.77. The molecular weight excluding hydrogens is 439 g/mol. The Bertz CT molecular complexity index is 764. The molecule has 0 bridgehead atoms.